The Balaban J connectivity index is 1.21. The second-order valence-corrected chi connectivity index (χ2v) is 18.4. The van der Waals surface area contributed by atoms with Crippen LogP contribution in [0.25, 0.3) is 44.3 Å². The van der Waals surface area contributed by atoms with E-state index in [0.29, 0.717) is 24.2 Å². The Morgan fingerprint density at radius 3 is 1.23 bits per heavy atom. The van der Waals surface area contributed by atoms with E-state index >= 15 is 0 Å². The zero-order valence-electron chi connectivity index (χ0n) is 31.6. The summed E-state index contributed by atoms with van der Waals surface area (Å²) < 4.78 is 1.74. The Labute approximate surface area is 329 Å². The molecule has 6 rings (SSSR count). The van der Waals surface area contributed by atoms with E-state index in [9.17, 15) is 9.59 Å². The standard InChI is InChI=1S/C45H46Br2N4O2/c1-43(2,3)29-13-9-27(10-14-29)39-23-35(33-21-31(46)17-19-37(33)50-39)41(52)48-25-45(7,8)26-49-42(53)36-24-40(51-38-20-18-32(47)22-34(36)38)28-11-15-30(16-12-28)44(4,5)6/h9-24H,25-26H2,1-8H3,(H,48,52)(H,49,53). The van der Waals surface area contributed by atoms with E-state index in [4.69, 9.17) is 9.97 Å². The molecule has 0 saturated heterocycles. The van der Waals surface area contributed by atoms with Crippen molar-refractivity contribution in [3.05, 3.63) is 128 Å². The minimum absolute atomic E-state index is 0.0318. The van der Waals surface area contributed by atoms with Crippen molar-refractivity contribution in [2.24, 2.45) is 5.41 Å². The lowest BCUT2D eigenvalue weighted by Gasteiger charge is -2.26. The van der Waals surface area contributed by atoms with Crippen LogP contribution in [0.1, 0.15) is 87.2 Å². The maximum Gasteiger partial charge on any atom is 0.252 e. The first-order valence-corrected chi connectivity index (χ1v) is 19.5. The minimum atomic E-state index is -0.463. The molecule has 0 atom stereocenters. The van der Waals surface area contributed by atoms with E-state index in [0.717, 1.165) is 53.3 Å². The highest BCUT2D eigenvalue weighted by Crippen LogP contribution is 2.32. The summed E-state index contributed by atoms with van der Waals surface area (Å²) in [6.07, 6.45) is 0. The number of halogens is 2. The van der Waals surface area contributed by atoms with Crippen molar-refractivity contribution in [2.45, 2.75) is 66.2 Å². The lowest BCUT2D eigenvalue weighted by Crippen LogP contribution is -2.42. The highest BCUT2D eigenvalue weighted by molar-refractivity contribution is 9.10. The first-order chi connectivity index (χ1) is 24.9. The third kappa shape index (κ3) is 8.88. The first kappa shape index (κ1) is 38.3. The molecule has 6 nitrogen and oxygen atoms in total. The molecule has 2 N–H and O–H groups in total. The lowest BCUT2D eigenvalue weighted by atomic mass is 9.86. The number of benzene rings is 4. The summed E-state index contributed by atoms with van der Waals surface area (Å²) in [5.74, 6) is -0.399. The number of pyridine rings is 2. The maximum absolute atomic E-state index is 13.9. The number of carbonyl (C=O) groups is 2. The molecule has 53 heavy (non-hydrogen) atoms. The predicted molar refractivity (Wildman–Crippen MR) is 226 cm³/mol. The zero-order chi connectivity index (χ0) is 38.3. The molecule has 0 aliphatic carbocycles. The van der Waals surface area contributed by atoms with Crippen molar-refractivity contribution in [1.82, 2.24) is 20.6 Å². The summed E-state index contributed by atoms with van der Waals surface area (Å²) in [5, 5.41) is 7.83. The van der Waals surface area contributed by atoms with Crippen LogP contribution in [0.5, 0.6) is 0 Å². The normalized spacial score (nSPS) is 12.3. The molecule has 0 bridgehead atoms. The van der Waals surface area contributed by atoms with Crippen molar-refractivity contribution >= 4 is 65.5 Å². The Kier molecular flexibility index (Phi) is 10.7. The van der Waals surface area contributed by atoms with Gasteiger partial charge in [0, 0.05) is 43.9 Å². The van der Waals surface area contributed by atoms with Gasteiger partial charge in [-0.2, -0.15) is 0 Å². The van der Waals surface area contributed by atoms with Gasteiger partial charge in [0.25, 0.3) is 11.8 Å². The molecular formula is C45H46Br2N4O2. The van der Waals surface area contributed by atoms with Crippen LogP contribution in [0, 0.1) is 5.41 Å². The molecule has 0 aliphatic rings. The summed E-state index contributed by atoms with van der Waals surface area (Å²) in [4.78, 5) is 37.7. The molecular weight excluding hydrogens is 788 g/mol. The van der Waals surface area contributed by atoms with Crippen LogP contribution in [-0.2, 0) is 10.8 Å². The van der Waals surface area contributed by atoms with Crippen LogP contribution in [0.4, 0.5) is 0 Å². The fourth-order valence-corrected chi connectivity index (χ4v) is 6.96. The molecule has 0 saturated carbocycles. The highest BCUT2D eigenvalue weighted by Gasteiger charge is 2.24. The number of hydrogen-bond donors (Lipinski definition) is 2. The van der Waals surface area contributed by atoms with Gasteiger partial charge in [0.1, 0.15) is 0 Å². The third-order valence-corrected chi connectivity index (χ3v) is 10.6. The second kappa shape index (κ2) is 14.8. The fourth-order valence-electron chi connectivity index (χ4n) is 6.24. The van der Waals surface area contributed by atoms with Crippen LogP contribution in [0.2, 0.25) is 0 Å². The highest BCUT2D eigenvalue weighted by atomic mass is 79.9. The van der Waals surface area contributed by atoms with Crippen molar-refractivity contribution in [1.29, 1.82) is 0 Å². The van der Waals surface area contributed by atoms with Gasteiger partial charge in [0.05, 0.1) is 33.5 Å². The molecule has 2 aromatic heterocycles. The molecule has 6 aromatic rings. The lowest BCUT2D eigenvalue weighted by molar-refractivity contribution is 0.0921. The Morgan fingerprint density at radius 2 is 0.887 bits per heavy atom. The van der Waals surface area contributed by atoms with Gasteiger partial charge in [0.15, 0.2) is 0 Å². The molecule has 0 unspecified atom stereocenters. The average Bonchev–Trinajstić information content (AvgIpc) is 3.11. The summed E-state index contributed by atoms with van der Waals surface area (Å²) in [6, 6.07) is 32.1. The van der Waals surface area contributed by atoms with E-state index in [1.807, 2.05) is 62.4 Å². The van der Waals surface area contributed by atoms with Crippen LogP contribution < -0.4 is 10.6 Å². The van der Waals surface area contributed by atoms with Crippen molar-refractivity contribution in [2.75, 3.05) is 13.1 Å². The number of hydrogen-bond acceptors (Lipinski definition) is 4. The van der Waals surface area contributed by atoms with Gasteiger partial charge in [-0.25, -0.2) is 9.97 Å². The average molecular weight is 835 g/mol. The fraction of sp³-hybridized carbons (Fsp3) is 0.289. The number of rotatable bonds is 8. The number of nitrogens with one attached hydrogen (secondary N) is 2. The second-order valence-electron chi connectivity index (χ2n) is 16.6. The number of amides is 2. The molecule has 8 heteroatoms. The minimum Gasteiger partial charge on any atom is -0.351 e. The van der Waals surface area contributed by atoms with Gasteiger partial charge in [0.2, 0.25) is 0 Å². The van der Waals surface area contributed by atoms with Gasteiger partial charge in [-0.05, 0) is 75.9 Å². The van der Waals surface area contributed by atoms with Gasteiger partial charge >= 0.3 is 0 Å². The van der Waals surface area contributed by atoms with Crippen LogP contribution in [0.15, 0.2) is 106 Å². The van der Waals surface area contributed by atoms with Gasteiger partial charge in [-0.15, -0.1) is 0 Å². The molecule has 0 radical (unpaired) electrons. The Bertz CT molecular complexity index is 2170. The number of aromatic nitrogens is 2. The molecule has 2 heterocycles. The third-order valence-electron chi connectivity index (χ3n) is 9.58. The van der Waals surface area contributed by atoms with Gasteiger partial charge in [-0.1, -0.05) is 136 Å². The molecule has 2 amide bonds. The molecule has 0 spiro atoms. The van der Waals surface area contributed by atoms with Crippen molar-refractivity contribution in [3.63, 3.8) is 0 Å². The van der Waals surface area contributed by atoms with E-state index in [1.165, 1.54) is 11.1 Å². The molecule has 0 fully saturated rings. The van der Waals surface area contributed by atoms with E-state index in [-0.39, 0.29) is 22.6 Å². The monoisotopic (exact) mass is 832 g/mol. The molecule has 4 aromatic carbocycles. The van der Waals surface area contributed by atoms with Crippen LogP contribution >= 0.6 is 31.9 Å². The largest absolute Gasteiger partial charge is 0.351 e. The summed E-state index contributed by atoms with van der Waals surface area (Å²) in [7, 11) is 0. The smallest absolute Gasteiger partial charge is 0.252 e. The van der Waals surface area contributed by atoms with E-state index < -0.39 is 5.41 Å². The number of fused-ring (bicyclic) bond motifs is 2. The quantitative estimate of drug-likeness (QED) is 0.160. The van der Waals surface area contributed by atoms with E-state index in [2.05, 4.69) is 133 Å². The maximum atomic E-state index is 13.9. The van der Waals surface area contributed by atoms with Crippen molar-refractivity contribution in [3.8, 4) is 22.5 Å². The van der Waals surface area contributed by atoms with Crippen molar-refractivity contribution < 1.29 is 9.59 Å². The Hall–Kier alpha value is -4.40. The topological polar surface area (TPSA) is 84.0 Å². The number of nitrogens with zero attached hydrogens (tertiary/aromatic N) is 2. The first-order valence-electron chi connectivity index (χ1n) is 17.9. The Morgan fingerprint density at radius 1 is 0.528 bits per heavy atom. The van der Waals surface area contributed by atoms with E-state index in [1.54, 1.807) is 0 Å². The zero-order valence-corrected chi connectivity index (χ0v) is 34.8. The van der Waals surface area contributed by atoms with Gasteiger partial charge < -0.3 is 10.6 Å². The number of carbonyl (C=O) groups excluding carboxylic acids is 2. The predicted octanol–water partition coefficient (Wildman–Crippen LogP) is 11.4. The summed E-state index contributed by atoms with van der Waals surface area (Å²) in [6.45, 7) is 17.9. The molecule has 272 valence electrons. The summed E-state index contributed by atoms with van der Waals surface area (Å²) in [5.41, 5.74) is 7.99. The summed E-state index contributed by atoms with van der Waals surface area (Å²) >= 11 is 7.14. The SMILES string of the molecule is CC(C)(CNC(=O)c1cc(-c2ccc(C(C)(C)C)cc2)nc2ccc(Br)cc12)CNC(=O)c1cc(-c2ccc(C(C)(C)C)cc2)nc2ccc(Br)cc12. The van der Waals surface area contributed by atoms with Crippen LogP contribution in [0.3, 0.4) is 0 Å². The molecule has 0 aliphatic heterocycles. The van der Waals surface area contributed by atoms with Gasteiger partial charge in [-0.3, -0.25) is 9.59 Å². The van der Waals surface area contributed by atoms with Crippen LogP contribution in [-0.4, -0.2) is 34.9 Å².